The van der Waals surface area contributed by atoms with Gasteiger partial charge in [0, 0.05) is 31.4 Å². The van der Waals surface area contributed by atoms with Crippen molar-refractivity contribution in [3.8, 4) is 0 Å². The number of hydrogen-bond acceptors (Lipinski definition) is 4. The second-order valence-electron chi connectivity index (χ2n) is 7.51. The minimum absolute atomic E-state index is 0.161. The molecule has 3 rings (SSSR count). The van der Waals surface area contributed by atoms with E-state index in [1.54, 1.807) is 0 Å². The van der Waals surface area contributed by atoms with Gasteiger partial charge in [-0.3, -0.25) is 0 Å². The molecular formula is C19H30N4O2. The molecule has 1 saturated carbocycles. The molecule has 2 fully saturated rings. The normalized spacial score (nSPS) is 21.0. The van der Waals surface area contributed by atoms with E-state index in [0.29, 0.717) is 6.54 Å². The Balaban J connectivity index is 1.40. The van der Waals surface area contributed by atoms with Crippen molar-refractivity contribution in [3.05, 3.63) is 23.9 Å². The van der Waals surface area contributed by atoms with Gasteiger partial charge in [-0.25, -0.2) is 9.78 Å². The molecule has 138 valence electrons. The predicted molar refractivity (Wildman–Crippen MR) is 98.8 cm³/mol. The van der Waals surface area contributed by atoms with Crippen molar-refractivity contribution in [1.82, 2.24) is 15.6 Å². The van der Waals surface area contributed by atoms with Crippen molar-refractivity contribution in [2.24, 2.45) is 0 Å². The third-order valence-corrected chi connectivity index (χ3v) is 5.39. The van der Waals surface area contributed by atoms with Crippen LogP contribution in [-0.4, -0.2) is 47.4 Å². The fourth-order valence-corrected chi connectivity index (χ4v) is 3.83. The van der Waals surface area contributed by atoms with Gasteiger partial charge in [-0.05, 0) is 44.7 Å². The molecule has 0 unspecified atom stereocenters. The third kappa shape index (κ3) is 5.08. The molecule has 0 bridgehead atoms. The molecule has 3 N–H and O–H groups in total. The Labute approximate surface area is 150 Å². The number of piperidine rings is 1. The summed E-state index contributed by atoms with van der Waals surface area (Å²) < 4.78 is 0. The van der Waals surface area contributed by atoms with E-state index in [2.05, 4.69) is 20.5 Å². The molecule has 0 spiro atoms. The van der Waals surface area contributed by atoms with Gasteiger partial charge in [0.2, 0.25) is 0 Å². The Morgan fingerprint density at radius 2 is 2.00 bits per heavy atom. The van der Waals surface area contributed by atoms with Crippen LogP contribution < -0.4 is 15.5 Å². The highest BCUT2D eigenvalue weighted by atomic mass is 16.3. The van der Waals surface area contributed by atoms with Gasteiger partial charge in [-0.2, -0.15) is 0 Å². The van der Waals surface area contributed by atoms with Crippen LogP contribution in [0.1, 0.15) is 50.6 Å². The molecular weight excluding hydrogens is 316 g/mol. The molecule has 2 heterocycles. The minimum Gasteiger partial charge on any atom is -0.388 e. The highest BCUT2D eigenvalue weighted by Crippen LogP contribution is 2.27. The second-order valence-corrected chi connectivity index (χ2v) is 7.51. The summed E-state index contributed by atoms with van der Waals surface area (Å²) in [6.07, 6.45) is 6.67. The number of nitrogens with zero attached hydrogens (tertiary/aromatic N) is 2. The van der Waals surface area contributed by atoms with Crippen molar-refractivity contribution < 1.29 is 9.90 Å². The Kier molecular flexibility index (Phi) is 5.78. The topological polar surface area (TPSA) is 77.5 Å². The summed E-state index contributed by atoms with van der Waals surface area (Å²) in [4.78, 5) is 19.0. The minimum atomic E-state index is -0.713. The summed E-state index contributed by atoms with van der Waals surface area (Å²) in [7, 11) is 0. The van der Waals surface area contributed by atoms with Crippen LogP contribution in [0.5, 0.6) is 0 Å². The number of nitrogens with one attached hydrogen (secondary N) is 2. The Morgan fingerprint density at radius 1 is 1.28 bits per heavy atom. The fourth-order valence-electron chi connectivity index (χ4n) is 3.83. The van der Waals surface area contributed by atoms with E-state index in [0.717, 1.165) is 63.1 Å². The number of rotatable bonds is 4. The van der Waals surface area contributed by atoms with E-state index in [1.165, 1.54) is 6.42 Å². The number of urea groups is 1. The standard InChI is InChI=1S/C19H30N4O2/c1-15-6-5-7-17(21-15)23-12-8-16(9-13-23)22-18(24)20-14-19(25)10-3-2-4-11-19/h5-7,16,25H,2-4,8-14H2,1H3,(H2,20,22,24). The highest BCUT2D eigenvalue weighted by Gasteiger charge is 2.30. The summed E-state index contributed by atoms with van der Waals surface area (Å²) in [5, 5.41) is 16.4. The first-order valence-corrected chi connectivity index (χ1v) is 9.49. The molecule has 2 amide bonds. The fraction of sp³-hybridized carbons (Fsp3) is 0.684. The monoisotopic (exact) mass is 346 g/mol. The van der Waals surface area contributed by atoms with Crippen molar-refractivity contribution in [1.29, 1.82) is 0 Å². The van der Waals surface area contributed by atoms with Crippen LogP contribution in [0.3, 0.4) is 0 Å². The number of aryl methyl sites for hydroxylation is 1. The quantitative estimate of drug-likeness (QED) is 0.782. The second kappa shape index (κ2) is 8.04. The zero-order valence-electron chi connectivity index (χ0n) is 15.1. The molecule has 1 aliphatic heterocycles. The predicted octanol–water partition coefficient (Wildman–Crippen LogP) is 2.35. The number of carbonyl (C=O) groups excluding carboxylic acids is 1. The van der Waals surface area contributed by atoms with Crippen molar-refractivity contribution >= 4 is 11.8 Å². The first-order chi connectivity index (χ1) is 12.0. The number of amides is 2. The molecule has 1 saturated heterocycles. The van der Waals surface area contributed by atoms with Crippen molar-refractivity contribution in [2.45, 2.75) is 63.5 Å². The third-order valence-electron chi connectivity index (χ3n) is 5.39. The average Bonchev–Trinajstić information content (AvgIpc) is 2.61. The summed E-state index contributed by atoms with van der Waals surface area (Å²) in [5.74, 6) is 1.02. The van der Waals surface area contributed by atoms with Crippen molar-refractivity contribution in [3.63, 3.8) is 0 Å². The Hall–Kier alpha value is -1.82. The largest absolute Gasteiger partial charge is 0.388 e. The van der Waals surface area contributed by atoms with E-state index in [9.17, 15) is 9.90 Å². The Bertz CT molecular complexity index is 579. The summed E-state index contributed by atoms with van der Waals surface area (Å²) in [6.45, 7) is 4.14. The van der Waals surface area contributed by atoms with Gasteiger partial charge in [-0.1, -0.05) is 25.3 Å². The molecule has 1 aromatic heterocycles. The van der Waals surface area contributed by atoms with Crippen LogP contribution in [-0.2, 0) is 0 Å². The lowest BCUT2D eigenvalue weighted by Gasteiger charge is -2.34. The number of anilines is 1. The Morgan fingerprint density at radius 3 is 2.68 bits per heavy atom. The zero-order valence-corrected chi connectivity index (χ0v) is 15.1. The molecule has 6 heteroatoms. The average molecular weight is 346 g/mol. The lowest BCUT2D eigenvalue weighted by Crippen LogP contribution is -2.51. The first-order valence-electron chi connectivity index (χ1n) is 9.49. The first kappa shape index (κ1) is 18.0. The maximum absolute atomic E-state index is 12.1. The van der Waals surface area contributed by atoms with Crippen LogP contribution in [0, 0.1) is 6.92 Å². The van der Waals surface area contributed by atoms with Gasteiger partial charge in [0.05, 0.1) is 5.60 Å². The van der Waals surface area contributed by atoms with E-state index in [1.807, 2.05) is 25.1 Å². The van der Waals surface area contributed by atoms with Gasteiger partial charge in [0.1, 0.15) is 5.82 Å². The number of aromatic nitrogens is 1. The maximum atomic E-state index is 12.1. The number of aliphatic hydroxyl groups is 1. The summed E-state index contributed by atoms with van der Waals surface area (Å²) in [6, 6.07) is 6.10. The SMILES string of the molecule is Cc1cccc(N2CCC(NC(=O)NCC3(O)CCCCC3)CC2)n1. The smallest absolute Gasteiger partial charge is 0.315 e. The molecule has 0 radical (unpaired) electrons. The number of hydrogen-bond donors (Lipinski definition) is 3. The highest BCUT2D eigenvalue weighted by molar-refractivity contribution is 5.74. The molecule has 1 aromatic rings. The summed E-state index contributed by atoms with van der Waals surface area (Å²) >= 11 is 0. The zero-order chi connectivity index (χ0) is 17.7. The maximum Gasteiger partial charge on any atom is 0.315 e. The van der Waals surface area contributed by atoms with Gasteiger partial charge >= 0.3 is 6.03 Å². The van der Waals surface area contributed by atoms with Crippen LogP contribution in [0.2, 0.25) is 0 Å². The van der Waals surface area contributed by atoms with E-state index >= 15 is 0 Å². The van der Waals surface area contributed by atoms with Crippen LogP contribution in [0.25, 0.3) is 0 Å². The molecule has 6 nitrogen and oxygen atoms in total. The van der Waals surface area contributed by atoms with Crippen LogP contribution >= 0.6 is 0 Å². The summed E-state index contributed by atoms with van der Waals surface area (Å²) in [5.41, 5.74) is 0.313. The molecule has 25 heavy (non-hydrogen) atoms. The number of carbonyl (C=O) groups is 1. The van der Waals surface area contributed by atoms with E-state index in [-0.39, 0.29) is 12.1 Å². The molecule has 2 aliphatic rings. The molecule has 1 aliphatic carbocycles. The molecule has 0 atom stereocenters. The van der Waals surface area contributed by atoms with Crippen LogP contribution in [0.15, 0.2) is 18.2 Å². The number of pyridine rings is 1. The van der Waals surface area contributed by atoms with E-state index < -0.39 is 5.60 Å². The van der Waals surface area contributed by atoms with Gasteiger partial charge in [-0.15, -0.1) is 0 Å². The van der Waals surface area contributed by atoms with Gasteiger partial charge in [0.15, 0.2) is 0 Å². The van der Waals surface area contributed by atoms with Crippen molar-refractivity contribution in [2.75, 3.05) is 24.5 Å². The van der Waals surface area contributed by atoms with Crippen LogP contribution in [0.4, 0.5) is 10.6 Å². The lowest BCUT2D eigenvalue weighted by atomic mass is 9.85. The molecule has 0 aromatic carbocycles. The van der Waals surface area contributed by atoms with Gasteiger partial charge in [0.25, 0.3) is 0 Å². The van der Waals surface area contributed by atoms with E-state index in [4.69, 9.17) is 0 Å². The lowest BCUT2D eigenvalue weighted by molar-refractivity contribution is 0.00710. The van der Waals surface area contributed by atoms with Gasteiger partial charge < -0.3 is 20.6 Å².